The van der Waals surface area contributed by atoms with Crippen LogP contribution in [0.1, 0.15) is 50.4 Å². The summed E-state index contributed by atoms with van der Waals surface area (Å²) in [6.45, 7) is 10.9. The van der Waals surface area contributed by atoms with E-state index in [9.17, 15) is 10.1 Å². The van der Waals surface area contributed by atoms with Gasteiger partial charge >= 0.3 is 0 Å². The third-order valence-corrected chi connectivity index (χ3v) is 4.84. The number of nitrogens with one attached hydrogen (secondary N) is 1. The van der Waals surface area contributed by atoms with Crippen LogP contribution < -0.4 is 10.1 Å². The molecule has 5 nitrogen and oxygen atoms in total. The van der Waals surface area contributed by atoms with Gasteiger partial charge in [-0.1, -0.05) is 48.0 Å². The van der Waals surface area contributed by atoms with Crippen molar-refractivity contribution in [3.05, 3.63) is 77.0 Å². The Kier molecular flexibility index (Phi) is 8.49. The van der Waals surface area contributed by atoms with Crippen molar-refractivity contribution < 1.29 is 9.53 Å². The Balaban J connectivity index is 2.20. The maximum Gasteiger partial charge on any atom is 0.266 e. The Bertz CT molecular complexity index is 914. The molecule has 0 aliphatic rings. The van der Waals surface area contributed by atoms with Gasteiger partial charge in [0, 0.05) is 24.4 Å². The number of nitrogens with zero attached hydrogens (tertiary/aromatic N) is 2. The molecule has 158 valence electrons. The van der Waals surface area contributed by atoms with Gasteiger partial charge in [-0.3, -0.25) is 4.79 Å². The van der Waals surface area contributed by atoms with E-state index in [-0.39, 0.29) is 23.6 Å². The zero-order valence-corrected chi connectivity index (χ0v) is 18.5. The Morgan fingerprint density at radius 3 is 2.50 bits per heavy atom. The minimum absolute atomic E-state index is 0.0341. The second kappa shape index (κ2) is 11.1. The molecule has 0 heterocycles. The Labute approximate surface area is 180 Å². The molecule has 0 spiro atoms. The molecular formula is C25H31N3O2. The second-order valence-electron chi connectivity index (χ2n) is 7.54. The van der Waals surface area contributed by atoms with Crippen LogP contribution in [0.2, 0.25) is 0 Å². The van der Waals surface area contributed by atoms with Gasteiger partial charge in [0.2, 0.25) is 0 Å². The van der Waals surface area contributed by atoms with E-state index in [1.807, 2.05) is 77.1 Å². The summed E-state index contributed by atoms with van der Waals surface area (Å²) in [7, 11) is 0. The number of benzene rings is 2. The Morgan fingerprint density at radius 1 is 1.20 bits per heavy atom. The summed E-state index contributed by atoms with van der Waals surface area (Å²) in [5.74, 6) is 0.513. The first-order valence-corrected chi connectivity index (χ1v) is 10.3. The van der Waals surface area contributed by atoms with E-state index in [0.29, 0.717) is 13.2 Å². The van der Waals surface area contributed by atoms with E-state index >= 15 is 0 Å². The lowest BCUT2D eigenvalue weighted by Gasteiger charge is -2.27. The third kappa shape index (κ3) is 6.12. The number of hydrogen-bond donors (Lipinski definition) is 1. The molecule has 0 aliphatic heterocycles. The van der Waals surface area contributed by atoms with E-state index in [0.717, 1.165) is 22.4 Å². The SMILES string of the molecule is CCOc1ccc(C)cc1C(C)N/C=C(/C#N)C(=O)N(Cc1ccccc1)C(C)C. The minimum Gasteiger partial charge on any atom is -0.494 e. The standard InChI is InChI=1S/C25H31N3O2/c1-6-30-24-13-12-19(4)14-23(24)20(5)27-16-22(15-26)25(29)28(18(2)3)17-21-10-8-7-9-11-21/h7-14,16,18,20,27H,6,17H2,1-5H3/b22-16-. The third-order valence-electron chi connectivity index (χ3n) is 4.84. The molecule has 5 heteroatoms. The van der Waals surface area contributed by atoms with Crippen LogP contribution >= 0.6 is 0 Å². The first kappa shape index (κ1) is 23.0. The topological polar surface area (TPSA) is 65.4 Å². The predicted molar refractivity (Wildman–Crippen MR) is 120 cm³/mol. The Morgan fingerprint density at radius 2 is 1.90 bits per heavy atom. The quantitative estimate of drug-likeness (QED) is 0.476. The number of carbonyl (C=O) groups is 1. The maximum absolute atomic E-state index is 13.1. The van der Waals surface area contributed by atoms with E-state index in [4.69, 9.17) is 4.74 Å². The lowest BCUT2D eigenvalue weighted by Crippen LogP contribution is -2.37. The van der Waals surface area contributed by atoms with Crippen LogP contribution in [0.5, 0.6) is 5.75 Å². The predicted octanol–water partition coefficient (Wildman–Crippen LogP) is 4.89. The molecule has 1 amide bonds. The number of aryl methyl sites for hydroxylation is 1. The van der Waals surface area contributed by atoms with E-state index < -0.39 is 0 Å². The van der Waals surface area contributed by atoms with Gasteiger partial charge in [-0.15, -0.1) is 0 Å². The highest BCUT2D eigenvalue weighted by Crippen LogP contribution is 2.26. The number of carbonyl (C=O) groups excluding carboxylic acids is 1. The molecule has 0 aromatic heterocycles. The van der Waals surface area contributed by atoms with Crippen molar-refractivity contribution in [1.82, 2.24) is 10.2 Å². The van der Waals surface area contributed by atoms with Gasteiger partial charge in [0.1, 0.15) is 17.4 Å². The van der Waals surface area contributed by atoms with Crippen molar-refractivity contribution in [1.29, 1.82) is 5.26 Å². The molecule has 2 rings (SSSR count). The molecule has 0 radical (unpaired) electrons. The van der Waals surface area contributed by atoms with E-state index in [2.05, 4.69) is 17.5 Å². The summed E-state index contributed by atoms with van der Waals surface area (Å²) in [5.41, 5.74) is 3.22. The minimum atomic E-state index is -0.287. The number of nitriles is 1. The maximum atomic E-state index is 13.1. The molecule has 0 fully saturated rings. The van der Waals surface area contributed by atoms with E-state index in [1.165, 1.54) is 6.20 Å². The number of ether oxygens (including phenoxy) is 1. The van der Waals surface area contributed by atoms with Crippen LogP contribution in [0.3, 0.4) is 0 Å². The van der Waals surface area contributed by atoms with Crippen molar-refractivity contribution in [2.45, 2.75) is 53.2 Å². The number of hydrogen-bond acceptors (Lipinski definition) is 4. The molecule has 0 saturated heterocycles. The van der Waals surface area contributed by atoms with Crippen molar-refractivity contribution >= 4 is 5.91 Å². The largest absolute Gasteiger partial charge is 0.494 e. The first-order valence-electron chi connectivity index (χ1n) is 10.3. The fraction of sp³-hybridized carbons (Fsp3) is 0.360. The van der Waals surface area contributed by atoms with Crippen molar-refractivity contribution in [3.8, 4) is 11.8 Å². The molecule has 1 atom stereocenters. The van der Waals surface area contributed by atoms with Gasteiger partial charge in [0.25, 0.3) is 5.91 Å². The lowest BCUT2D eigenvalue weighted by atomic mass is 10.0. The van der Waals surface area contributed by atoms with Gasteiger partial charge in [0.05, 0.1) is 12.6 Å². The monoisotopic (exact) mass is 405 g/mol. The van der Waals surface area contributed by atoms with Crippen LogP contribution in [-0.4, -0.2) is 23.5 Å². The first-order chi connectivity index (χ1) is 14.4. The summed E-state index contributed by atoms with van der Waals surface area (Å²) in [6.07, 6.45) is 1.52. The molecular weight excluding hydrogens is 374 g/mol. The zero-order valence-electron chi connectivity index (χ0n) is 18.5. The van der Waals surface area contributed by atoms with Crippen molar-refractivity contribution in [2.24, 2.45) is 0 Å². The van der Waals surface area contributed by atoms with Crippen molar-refractivity contribution in [3.63, 3.8) is 0 Å². The summed E-state index contributed by atoms with van der Waals surface area (Å²) in [6, 6.07) is 17.7. The van der Waals surface area contributed by atoms with E-state index in [1.54, 1.807) is 4.90 Å². The molecule has 0 saturated carbocycles. The summed E-state index contributed by atoms with van der Waals surface area (Å²) in [4.78, 5) is 14.8. The molecule has 2 aromatic rings. The van der Waals surface area contributed by atoms with Gasteiger partial charge in [-0.2, -0.15) is 5.26 Å². The molecule has 1 unspecified atom stereocenters. The zero-order chi connectivity index (χ0) is 22.1. The number of amides is 1. The highest BCUT2D eigenvalue weighted by molar-refractivity contribution is 5.97. The number of rotatable bonds is 9. The lowest BCUT2D eigenvalue weighted by molar-refractivity contribution is -0.129. The van der Waals surface area contributed by atoms with Gasteiger partial charge in [-0.05, 0) is 46.2 Å². The van der Waals surface area contributed by atoms with Gasteiger partial charge in [0.15, 0.2) is 0 Å². The molecule has 0 bridgehead atoms. The average molecular weight is 406 g/mol. The van der Waals surface area contributed by atoms with Crippen LogP contribution in [0.25, 0.3) is 0 Å². The van der Waals surface area contributed by atoms with Crippen LogP contribution in [0.4, 0.5) is 0 Å². The molecule has 30 heavy (non-hydrogen) atoms. The van der Waals surface area contributed by atoms with Crippen LogP contribution in [0.15, 0.2) is 60.3 Å². The highest BCUT2D eigenvalue weighted by Gasteiger charge is 2.22. The van der Waals surface area contributed by atoms with Crippen molar-refractivity contribution in [2.75, 3.05) is 6.61 Å². The average Bonchev–Trinajstić information content (AvgIpc) is 2.74. The van der Waals surface area contributed by atoms with Gasteiger partial charge < -0.3 is 15.0 Å². The Hall–Kier alpha value is -3.26. The van der Waals surface area contributed by atoms with Gasteiger partial charge in [-0.25, -0.2) is 0 Å². The summed E-state index contributed by atoms with van der Waals surface area (Å²) in [5, 5.41) is 12.8. The molecule has 1 N–H and O–H groups in total. The second-order valence-corrected chi connectivity index (χ2v) is 7.54. The smallest absolute Gasteiger partial charge is 0.266 e. The molecule has 0 aliphatic carbocycles. The van der Waals surface area contributed by atoms with Crippen LogP contribution in [-0.2, 0) is 11.3 Å². The fourth-order valence-corrected chi connectivity index (χ4v) is 3.16. The molecule has 2 aromatic carbocycles. The van der Waals surface area contributed by atoms with Crippen LogP contribution in [0, 0.1) is 18.3 Å². The summed E-state index contributed by atoms with van der Waals surface area (Å²) < 4.78 is 5.73. The highest BCUT2D eigenvalue weighted by atomic mass is 16.5. The normalized spacial score (nSPS) is 12.2. The fourth-order valence-electron chi connectivity index (χ4n) is 3.16. The summed E-state index contributed by atoms with van der Waals surface area (Å²) >= 11 is 0.